The molecule has 3 aliphatic heterocycles. The quantitative estimate of drug-likeness (QED) is 0.261. The second kappa shape index (κ2) is 8.60. The molecule has 0 radical (unpaired) electrons. The van der Waals surface area contributed by atoms with Crippen LogP contribution >= 0.6 is 0 Å². The molecule has 0 bridgehead atoms. The van der Waals surface area contributed by atoms with Crippen molar-refractivity contribution in [1.82, 2.24) is 0 Å². The van der Waals surface area contributed by atoms with Gasteiger partial charge in [-0.2, -0.15) is 0 Å². The van der Waals surface area contributed by atoms with Crippen molar-refractivity contribution in [1.29, 1.82) is 0 Å². The number of ether oxygens (including phenoxy) is 2. The van der Waals surface area contributed by atoms with Crippen LogP contribution in [0.25, 0.3) is 0 Å². The summed E-state index contributed by atoms with van der Waals surface area (Å²) in [7, 11) is -2.79. The third-order valence-corrected chi connectivity index (χ3v) is 9.68. The largest absolute Gasteiger partial charge is 0.441 e. The summed E-state index contributed by atoms with van der Waals surface area (Å²) in [5.41, 5.74) is 0.111. The van der Waals surface area contributed by atoms with Gasteiger partial charge in [0.15, 0.2) is 20.1 Å². The fraction of sp³-hybridized carbons (Fsp3) is 0.542. The van der Waals surface area contributed by atoms with Crippen molar-refractivity contribution >= 4 is 37.5 Å². The van der Waals surface area contributed by atoms with Gasteiger partial charge in [-0.05, 0) is 37.7 Å². The average Bonchev–Trinajstić information content (AvgIpc) is 3.15. The molecule has 1 aromatic rings. The van der Waals surface area contributed by atoms with Crippen LogP contribution in [-0.2, 0) is 29.5 Å². The highest BCUT2D eigenvalue weighted by molar-refractivity contribution is 6.71. The van der Waals surface area contributed by atoms with E-state index in [9.17, 15) is 24.3 Å². The summed E-state index contributed by atoms with van der Waals surface area (Å²) in [6.07, 6.45) is 0.853. The van der Waals surface area contributed by atoms with Crippen LogP contribution in [0.15, 0.2) is 30.9 Å². The molecule has 2 N–H and O–H groups in total. The number of aliphatic hydroxyl groups excluding tert-OH is 1. The zero-order valence-electron chi connectivity index (χ0n) is 20.0. The summed E-state index contributed by atoms with van der Waals surface area (Å²) in [6.45, 7) is 10.8. The van der Waals surface area contributed by atoms with Gasteiger partial charge in [0.1, 0.15) is 0 Å². The first-order chi connectivity index (χ1) is 16.0. The van der Waals surface area contributed by atoms with Gasteiger partial charge in [-0.25, -0.2) is 0 Å². The first-order valence-corrected chi connectivity index (χ1v) is 14.6. The summed E-state index contributed by atoms with van der Waals surface area (Å²) in [6, 6.07) is 5.25. The normalized spacial score (nSPS) is 30.5. The van der Waals surface area contributed by atoms with Crippen LogP contribution in [0.2, 0.25) is 18.6 Å². The molecule has 34 heavy (non-hydrogen) atoms. The van der Waals surface area contributed by atoms with Crippen LogP contribution < -0.4 is 9.80 Å². The minimum atomic E-state index is -2.79. The van der Waals surface area contributed by atoms with Crippen molar-refractivity contribution < 1.29 is 33.8 Å². The molecule has 0 aromatic heterocycles. The average molecular weight is 489 g/mol. The number of anilines is 2. The second-order valence-corrected chi connectivity index (χ2v) is 13.8. The molecule has 1 aromatic carbocycles. The van der Waals surface area contributed by atoms with Gasteiger partial charge in [-0.3, -0.25) is 19.3 Å². The first kappa shape index (κ1) is 24.6. The maximum Gasteiger partial charge on any atom is 0.304 e. The van der Waals surface area contributed by atoms with E-state index in [1.165, 1.54) is 11.8 Å². The van der Waals surface area contributed by atoms with E-state index in [2.05, 4.69) is 6.58 Å². The van der Waals surface area contributed by atoms with E-state index >= 15 is 0 Å². The van der Waals surface area contributed by atoms with E-state index in [4.69, 9.17) is 9.47 Å². The number of esters is 1. The van der Waals surface area contributed by atoms with Crippen molar-refractivity contribution in [3.63, 3.8) is 0 Å². The van der Waals surface area contributed by atoms with Gasteiger partial charge in [0.25, 0.3) is 5.91 Å². The molecular weight excluding hydrogens is 456 g/mol. The molecule has 3 heterocycles. The predicted octanol–water partition coefficient (Wildman–Crippen LogP) is 2.03. The Kier molecular flexibility index (Phi) is 6.22. The van der Waals surface area contributed by atoms with E-state index in [1.54, 1.807) is 29.2 Å². The van der Waals surface area contributed by atoms with E-state index in [1.807, 2.05) is 20.0 Å². The molecule has 2 amide bonds. The third kappa shape index (κ3) is 3.60. The molecule has 0 saturated carbocycles. The number of hydrogen-bond acceptors (Lipinski definition) is 7. The highest BCUT2D eigenvalue weighted by Crippen LogP contribution is 2.60. The van der Waals surface area contributed by atoms with Crippen LogP contribution in [0.5, 0.6) is 0 Å². The standard InChI is InChI=1S/C24H32N2O7Si/c1-6-10-25-18-8-7-16(26-20(29)13-21(26)32-15(3)28)12-17(18)24(23(25)30)14(2)22(34(4,5)31)19(33-24)9-11-27/h6-8,12,14,19,21-22,27,31H,1,9-11,13H2,2-5H3/t14-,19+,21?,22-,24+/m0/s1. The van der Waals surface area contributed by atoms with E-state index in [0.717, 1.165) is 0 Å². The number of nitrogens with zero attached hydrogens (tertiary/aromatic N) is 2. The molecule has 1 unspecified atom stereocenters. The SMILES string of the molecule is C=CCN1C(=O)[C@]2(O[C@H](CCO)[C@@H]([Si](C)(C)O)[C@@H]2C)c2cc(N3C(=O)CC3OC(C)=O)ccc21. The minimum Gasteiger partial charge on any atom is -0.441 e. The zero-order valence-corrected chi connectivity index (χ0v) is 21.0. The molecule has 10 heteroatoms. The second-order valence-electron chi connectivity index (χ2n) is 9.81. The number of hydrogen-bond donors (Lipinski definition) is 2. The first-order valence-electron chi connectivity index (χ1n) is 11.5. The van der Waals surface area contributed by atoms with Gasteiger partial charge < -0.3 is 24.3 Å². The molecule has 4 rings (SSSR count). The molecule has 5 atom stereocenters. The van der Waals surface area contributed by atoms with Crippen molar-refractivity contribution in [2.24, 2.45) is 5.92 Å². The fourth-order valence-corrected chi connectivity index (χ4v) is 8.51. The van der Waals surface area contributed by atoms with Crippen LogP contribution in [-0.4, -0.2) is 61.5 Å². The number of carbonyl (C=O) groups excluding carboxylic acids is 3. The van der Waals surface area contributed by atoms with Crippen molar-refractivity contribution in [2.45, 2.75) is 63.3 Å². The monoisotopic (exact) mass is 488 g/mol. The van der Waals surface area contributed by atoms with Crippen LogP contribution in [0.3, 0.4) is 0 Å². The molecule has 2 saturated heterocycles. The molecule has 1 spiro atoms. The fourth-order valence-electron chi connectivity index (χ4n) is 5.91. The van der Waals surface area contributed by atoms with Gasteiger partial charge in [-0.15, -0.1) is 6.58 Å². The molecule has 184 valence electrons. The highest BCUT2D eigenvalue weighted by Gasteiger charge is 2.66. The topological polar surface area (TPSA) is 117 Å². The van der Waals surface area contributed by atoms with Crippen molar-refractivity contribution in [3.05, 3.63) is 36.4 Å². The molecule has 0 aliphatic carbocycles. The lowest BCUT2D eigenvalue weighted by Crippen LogP contribution is -2.55. The van der Waals surface area contributed by atoms with Gasteiger partial charge in [0, 0.05) is 42.8 Å². The Morgan fingerprint density at radius 3 is 2.65 bits per heavy atom. The number of amides is 2. The van der Waals surface area contributed by atoms with E-state index in [0.29, 0.717) is 23.4 Å². The predicted molar refractivity (Wildman–Crippen MR) is 128 cm³/mol. The molecule has 3 aliphatic rings. The van der Waals surface area contributed by atoms with E-state index in [-0.39, 0.29) is 42.8 Å². The number of β-lactam (4-membered cyclic amide) rings is 1. The summed E-state index contributed by atoms with van der Waals surface area (Å²) in [5, 5.41) is 9.67. The van der Waals surface area contributed by atoms with Crippen molar-refractivity contribution in [3.8, 4) is 0 Å². The number of rotatable bonds is 7. The lowest BCUT2D eigenvalue weighted by Gasteiger charge is -2.39. The van der Waals surface area contributed by atoms with Crippen LogP contribution in [0, 0.1) is 5.92 Å². The number of fused-ring (bicyclic) bond motifs is 2. The number of carbonyl (C=O) groups is 3. The maximum absolute atomic E-state index is 13.9. The maximum atomic E-state index is 13.9. The van der Waals surface area contributed by atoms with E-state index < -0.39 is 32.2 Å². The van der Waals surface area contributed by atoms with Gasteiger partial charge in [0.05, 0.1) is 18.2 Å². The molecule has 9 nitrogen and oxygen atoms in total. The highest BCUT2D eigenvalue weighted by atomic mass is 28.4. The summed E-state index contributed by atoms with van der Waals surface area (Å²) in [5.74, 6) is -1.29. The smallest absolute Gasteiger partial charge is 0.304 e. The Balaban J connectivity index is 1.84. The Morgan fingerprint density at radius 2 is 2.09 bits per heavy atom. The summed E-state index contributed by atoms with van der Waals surface area (Å²) >= 11 is 0. The molecular formula is C24H32N2O7Si. The minimum absolute atomic E-state index is 0.0984. The Labute approximate surface area is 200 Å². The van der Waals surface area contributed by atoms with Gasteiger partial charge in [-0.1, -0.05) is 13.0 Å². The Bertz CT molecular complexity index is 1040. The Hall–Kier alpha value is -2.53. The summed E-state index contributed by atoms with van der Waals surface area (Å²) in [4.78, 5) is 51.9. The number of aliphatic hydroxyl groups is 1. The molecule has 2 fully saturated rings. The van der Waals surface area contributed by atoms with Crippen LogP contribution in [0.1, 0.15) is 32.3 Å². The van der Waals surface area contributed by atoms with Gasteiger partial charge >= 0.3 is 5.97 Å². The lowest BCUT2D eigenvalue weighted by atomic mass is 9.82. The van der Waals surface area contributed by atoms with Crippen molar-refractivity contribution in [2.75, 3.05) is 23.0 Å². The third-order valence-electron chi connectivity index (χ3n) is 7.18. The Morgan fingerprint density at radius 1 is 1.38 bits per heavy atom. The van der Waals surface area contributed by atoms with Crippen LogP contribution in [0.4, 0.5) is 11.4 Å². The lowest BCUT2D eigenvalue weighted by molar-refractivity contribution is -0.153. The van der Waals surface area contributed by atoms with Gasteiger partial charge in [0.2, 0.25) is 5.91 Å². The summed E-state index contributed by atoms with van der Waals surface area (Å²) < 4.78 is 11.8. The zero-order chi connectivity index (χ0) is 25.0. The number of benzene rings is 1.